The number of nitrogens with zero attached hydrogens (tertiary/aromatic N) is 3. The predicted octanol–water partition coefficient (Wildman–Crippen LogP) is 1.83. The summed E-state index contributed by atoms with van der Waals surface area (Å²) >= 11 is 7.40. The van der Waals surface area contributed by atoms with Crippen molar-refractivity contribution >= 4 is 45.1 Å². The molecule has 1 fully saturated rings. The molecule has 0 radical (unpaired) electrons. The van der Waals surface area contributed by atoms with Gasteiger partial charge in [0, 0.05) is 35.6 Å². The van der Waals surface area contributed by atoms with Gasteiger partial charge in [-0.3, -0.25) is 4.79 Å². The van der Waals surface area contributed by atoms with Crippen molar-refractivity contribution in [1.82, 2.24) is 14.7 Å². The molecule has 1 aliphatic rings. The molecule has 5 nitrogen and oxygen atoms in total. The number of rotatable bonds is 6. The highest BCUT2D eigenvalue weighted by Gasteiger charge is 2.15. The second-order valence-electron chi connectivity index (χ2n) is 5.15. The molecule has 1 unspecified atom stereocenters. The van der Waals surface area contributed by atoms with E-state index < -0.39 is 0 Å². The second kappa shape index (κ2) is 8.45. The number of aromatic nitrogens is 2. The van der Waals surface area contributed by atoms with Gasteiger partial charge < -0.3 is 10.2 Å². The van der Waals surface area contributed by atoms with Crippen molar-refractivity contribution in [3.8, 4) is 0 Å². The summed E-state index contributed by atoms with van der Waals surface area (Å²) in [5.41, 5.74) is 0.713. The molecular weight excluding hydrogens is 372 g/mol. The third kappa shape index (κ3) is 5.19. The summed E-state index contributed by atoms with van der Waals surface area (Å²) < 4.78 is 2.07. The van der Waals surface area contributed by atoms with E-state index in [1.54, 1.807) is 6.20 Å². The van der Waals surface area contributed by atoms with Gasteiger partial charge in [0.15, 0.2) is 0 Å². The maximum absolute atomic E-state index is 12.2. The van der Waals surface area contributed by atoms with Crippen LogP contribution in [0.25, 0.3) is 0 Å². The molecule has 1 aromatic heterocycles. The molecule has 0 spiro atoms. The van der Waals surface area contributed by atoms with Crippen molar-refractivity contribution in [1.29, 1.82) is 0 Å². The Hall–Kier alpha value is -0.180. The number of nitrogens with one attached hydrogen (secondary N) is 1. The number of thioether (sulfide) groups is 2. The van der Waals surface area contributed by atoms with E-state index in [0.717, 1.165) is 18.8 Å². The van der Waals surface area contributed by atoms with Gasteiger partial charge in [-0.05, 0) is 30.0 Å². The van der Waals surface area contributed by atoms with Crippen molar-refractivity contribution in [2.24, 2.45) is 0 Å². The second-order valence-corrected chi connectivity index (χ2v) is 8.50. The van der Waals surface area contributed by atoms with Gasteiger partial charge in [-0.25, -0.2) is 4.68 Å². The first-order chi connectivity index (χ1) is 10.1. The van der Waals surface area contributed by atoms with Gasteiger partial charge in [0.25, 0.3) is 5.56 Å². The Morgan fingerprint density at radius 3 is 3.00 bits per heavy atom. The minimum absolute atomic E-state index is 0.0764. The lowest BCUT2D eigenvalue weighted by Gasteiger charge is -2.22. The summed E-state index contributed by atoms with van der Waals surface area (Å²) in [6.07, 6.45) is 1.74. The first kappa shape index (κ1) is 17.2. The van der Waals surface area contributed by atoms with E-state index in [9.17, 15) is 4.79 Å². The number of likely N-dealkylation sites (N-methyl/N-ethyl adjacent to an activating group) is 1. The Morgan fingerprint density at radius 1 is 1.52 bits per heavy atom. The maximum Gasteiger partial charge on any atom is 0.283 e. The lowest BCUT2D eigenvalue weighted by Crippen LogP contribution is -2.30. The van der Waals surface area contributed by atoms with Gasteiger partial charge in [-0.2, -0.15) is 28.6 Å². The highest BCUT2D eigenvalue weighted by Crippen LogP contribution is 2.25. The fourth-order valence-electron chi connectivity index (χ4n) is 1.92. The molecule has 118 valence electrons. The van der Waals surface area contributed by atoms with Crippen LogP contribution in [0.3, 0.4) is 0 Å². The van der Waals surface area contributed by atoms with Gasteiger partial charge in [-0.1, -0.05) is 0 Å². The molecule has 8 heteroatoms. The Labute approximate surface area is 142 Å². The number of hydrogen-bond donors (Lipinski definition) is 1. The fraction of sp³-hybridized carbons (Fsp3) is 0.692. The molecule has 0 bridgehead atoms. The summed E-state index contributed by atoms with van der Waals surface area (Å²) in [4.78, 5) is 14.3. The summed E-state index contributed by atoms with van der Waals surface area (Å²) in [6.45, 7) is 2.26. The van der Waals surface area contributed by atoms with Crippen LogP contribution in [0.15, 0.2) is 15.5 Å². The number of anilines is 1. The normalized spacial score (nSPS) is 19.0. The van der Waals surface area contributed by atoms with Gasteiger partial charge in [-0.15, -0.1) is 0 Å². The van der Waals surface area contributed by atoms with E-state index in [4.69, 9.17) is 0 Å². The van der Waals surface area contributed by atoms with Crippen LogP contribution in [0.4, 0.5) is 5.69 Å². The minimum atomic E-state index is -0.0764. The van der Waals surface area contributed by atoms with Crippen LogP contribution < -0.4 is 10.9 Å². The van der Waals surface area contributed by atoms with Gasteiger partial charge in [0.2, 0.25) is 0 Å². The molecular formula is C13H21BrN4OS2. The molecule has 21 heavy (non-hydrogen) atoms. The van der Waals surface area contributed by atoms with Crippen LogP contribution in [0, 0.1) is 0 Å². The molecule has 1 N–H and O–H groups in total. The Balaban J connectivity index is 1.97. The number of halogens is 1. The Morgan fingerprint density at radius 2 is 2.33 bits per heavy atom. The zero-order valence-electron chi connectivity index (χ0n) is 12.3. The fourth-order valence-corrected chi connectivity index (χ4v) is 4.98. The van der Waals surface area contributed by atoms with Gasteiger partial charge in [0.1, 0.15) is 4.47 Å². The lowest BCUT2D eigenvalue weighted by molar-refractivity contribution is 0.367. The number of hydrogen-bond acceptors (Lipinski definition) is 6. The third-order valence-corrected chi connectivity index (χ3v) is 6.76. The molecule has 2 heterocycles. The quantitative estimate of drug-likeness (QED) is 0.796. The predicted molar refractivity (Wildman–Crippen MR) is 96.8 cm³/mol. The molecule has 1 saturated heterocycles. The van der Waals surface area contributed by atoms with Crippen molar-refractivity contribution in [3.63, 3.8) is 0 Å². The van der Waals surface area contributed by atoms with Crippen LogP contribution in [0.1, 0.15) is 0 Å². The summed E-state index contributed by atoms with van der Waals surface area (Å²) in [5, 5.41) is 8.20. The van der Waals surface area contributed by atoms with Crippen LogP contribution in [0.2, 0.25) is 0 Å². The molecule has 1 atom stereocenters. The van der Waals surface area contributed by atoms with E-state index in [1.165, 1.54) is 21.9 Å². The first-order valence-corrected chi connectivity index (χ1v) is 9.91. The van der Waals surface area contributed by atoms with Gasteiger partial charge in [0.05, 0.1) is 18.4 Å². The highest BCUT2D eigenvalue weighted by molar-refractivity contribution is 9.10. The zero-order chi connectivity index (χ0) is 15.2. The lowest BCUT2D eigenvalue weighted by atomic mass is 10.4. The molecule has 0 saturated carbocycles. The topological polar surface area (TPSA) is 50.2 Å². The van der Waals surface area contributed by atoms with Crippen molar-refractivity contribution in [3.05, 3.63) is 21.0 Å². The van der Waals surface area contributed by atoms with Crippen molar-refractivity contribution in [2.75, 3.05) is 49.8 Å². The molecule has 0 aromatic carbocycles. The zero-order valence-corrected chi connectivity index (χ0v) is 15.6. The van der Waals surface area contributed by atoms with Crippen molar-refractivity contribution in [2.45, 2.75) is 11.8 Å². The molecule has 2 rings (SSSR count). The molecule has 1 aliphatic heterocycles. The Kier molecular flexibility index (Phi) is 6.91. The van der Waals surface area contributed by atoms with E-state index in [2.05, 4.69) is 26.3 Å². The van der Waals surface area contributed by atoms with E-state index in [-0.39, 0.29) is 5.56 Å². The maximum atomic E-state index is 12.2. The standard InChI is InChI=1S/C13H21BrN4OS2/c1-17(2)3-4-18-13(19)12(14)11(8-16-18)15-7-10-9-20-5-6-21-10/h8,10,15H,3-7,9H2,1-2H3. The highest BCUT2D eigenvalue weighted by atomic mass is 79.9. The molecule has 1 aromatic rings. The summed E-state index contributed by atoms with van der Waals surface area (Å²) in [7, 11) is 3.96. The molecule has 0 amide bonds. The van der Waals surface area contributed by atoms with E-state index in [1.807, 2.05) is 42.5 Å². The minimum Gasteiger partial charge on any atom is -0.382 e. The van der Waals surface area contributed by atoms with E-state index >= 15 is 0 Å². The van der Waals surface area contributed by atoms with Crippen LogP contribution in [-0.4, -0.2) is 64.4 Å². The van der Waals surface area contributed by atoms with Gasteiger partial charge >= 0.3 is 0 Å². The largest absolute Gasteiger partial charge is 0.382 e. The summed E-state index contributed by atoms with van der Waals surface area (Å²) in [5.74, 6) is 3.62. The third-order valence-electron chi connectivity index (χ3n) is 3.15. The monoisotopic (exact) mass is 392 g/mol. The summed E-state index contributed by atoms with van der Waals surface area (Å²) in [6, 6.07) is 0. The van der Waals surface area contributed by atoms with Crippen LogP contribution in [-0.2, 0) is 6.54 Å². The van der Waals surface area contributed by atoms with Crippen LogP contribution in [0.5, 0.6) is 0 Å². The average molecular weight is 393 g/mol. The average Bonchev–Trinajstić information content (AvgIpc) is 2.48. The SMILES string of the molecule is CN(C)CCn1ncc(NCC2CSCCS2)c(Br)c1=O. The molecule has 0 aliphatic carbocycles. The van der Waals surface area contributed by atoms with Crippen molar-refractivity contribution < 1.29 is 0 Å². The Bertz CT molecular complexity index is 517. The van der Waals surface area contributed by atoms with E-state index in [0.29, 0.717) is 16.3 Å². The first-order valence-electron chi connectivity index (χ1n) is 6.91. The smallest absolute Gasteiger partial charge is 0.283 e. The van der Waals surface area contributed by atoms with Crippen LogP contribution >= 0.6 is 39.5 Å².